The summed E-state index contributed by atoms with van der Waals surface area (Å²) in [6.07, 6.45) is 5.51. The third-order valence-electron chi connectivity index (χ3n) is 1.66. The van der Waals surface area contributed by atoms with E-state index in [1.165, 1.54) is 19.3 Å². The summed E-state index contributed by atoms with van der Waals surface area (Å²) in [4.78, 5) is 0. The fraction of sp³-hybridized carbons (Fsp3) is 1.00. The van der Waals surface area contributed by atoms with Gasteiger partial charge >= 0.3 is 0 Å². The van der Waals surface area contributed by atoms with E-state index in [-0.39, 0.29) is 0 Å². The third-order valence-corrected chi connectivity index (χ3v) is 1.66. The zero-order valence-corrected chi connectivity index (χ0v) is 4.58. The highest BCUT2D eigenvalue weighted by atomic mass is 16.6. The second-order valence-corrected chi connectivity index (χ2v) is 2.14. The van der Waals surface area contributed by atoms with Crippen molar-refractivity contribution >= 4 is 0 Å². The van der Waals surface area contributed by atoms with Gasteiger partial charge in [0.2, 0.25) is 0 Å². The average Bonchev–Trinajstić information content (AvgIpc) is 2.46. The van der Waals surface area contributed by atoms with Gasteiger partial charge in [0.1, 0.15) is 0 Å². The van der Waals surface area contributed by atoms with Gasteiger partial charge in [-0.25, -0.2) is 0 Å². The Kier molecular flexibility index (Phi) is 1.45. The van der Waals surface area contributed by atoms with E-state index >= 15 is 0 Å². The van der Waals surface area contributed by atoms with Crippen molar-refractivity contribution in [3.63, 3.8) is 0 Å². The molecule has 0 aromatic carbocycles. The van der Waals surface area contributed by atoms with E-state index < -0.39 is 0 Å². The highest BCUT2D eigenvalue weighted by molar-refractivity contribution is 4.90. The van der Waals surface area contributed by atoms with Crippen molar-refractivity contribution < 1.29 is 4.74 Å². The van der Waals surface area contributed by atoms with Crippen molar-refractivity contribution in [2.24, 2.45) is 0 Å². The molecule has 2 aliphatic rings. The van der Waals surface area contributed by atoms with Gasteiger partial charge in [0.15, 0.2) is 0 Å². The van der Waals surface area contributed by atoms with Crippen LogP contribution in [0, 0.1) is 10.8 Å². The van der Waals surface area contributed by atoms with Crippen LogP contribution in [0.25, 0.3) is 0 Å². The molecule has 1 saturated heterocycles. The van der Waals surface area contributed by atoms with Crippen molar-refractivity contribution in [1.82, 2.24) is 0 Å². The normalized spacial score (nSPS) is 39.2. The Balaban J connectivity index is 0.000000147. The summed E-state index contributed by atoms with van der Waals surface area (Å²) in [6, 6.07) is 0. The van der Waals surface area contributed by atoms with Crippen molar-refractivity contribution in [1.29, 1.82) is 10.8 Å². The molecule has 0 amide bonds. The fourth-order valence-corrected chi connectivity index (χ4v) is 1.21. The lowest BCUT2D eigenvalue weighted by Gasteiger charge is -1.81. The number of epoxide rings is 1. The van der Waals surface area contributed by atoms with Crippen LogP contribution in [0.15, 0.2) is 0 Å². The number of hydrogen-bond donors (Lipinski definition) is 0. The molecule has 1 aliphatic carbocycles. The van der Waals surface area contributed by atoms with Crippen LogP contribution in [0.3, 0.4) is 0 Å². The van der Waals surface area contributed by atoms with Gasteiger partial charge in [-0.2, -0.15) is 0 Å². The van der Waals surface area contributed by atoms with Crippen LogP contribution in [-0.4, -0.2) is 12.2 Å². The van der Waals surface area contributed by atoms with Crippen molar-refractivity contribution in [3.8, 4) is 0 Å². The summed E-state index contributed by atoms with van der Waals surface area (Å²) >= 11 is 0. The maximum atomic E-state index is 6.00. The minimum Gasteiger partial charge on any atom is -0.370 e. The maximum absolute atomic E-state index is 6.00. The number of fused-ring (bicyclic) bond motifs is 1. The summed E-state index contributed by atoms with van der Waals surface area (Å²) in [7, 11) is 0. The van der Waals surface area contributed by atoms with E-state index in [2.05, 4.69) is 0 Å². The first-order valence-electron chi connectivity index (χ1n) is 2.82. The standard InChI is InChI=1S/C5H8O.N2/c1-2-4-5(3-1)6-4;1-2/h4-5H,1-3H2;. The van der Waals surface area contributed by atoms with Gasteiger partial charge in [-0.1, -0.05) is 0 Å². The van der Waals surface area contributed by atoms with Crippen LogP contribution in [0.1, 0.15) is 19.3 Å². The van der Waals surface area contributed by atoms with Gasteiger partial charge in [-0.15, -0.1) is 0 Å². The topological polar surface area (TPSA) is 60.1 Å². The summed E-state index contributed by atoms with van der Waals surface area (Å²) in [5.74, 6) is 0. The molecule has 1 saturated carbocycles. The molecule has 8 heavy (non-hydrogen) atoms. The molecule has 2 fully saturated rings. The predicted molar refractivity (Wildman–Crippen MR) is 26.0 cm³/mol. The van der Waals surface area contributed by atoms with E-state index in [1.807, 2.05) is 0 Å². The third kappa shape index (κ3) is 0.797. The smallest absolute Gasteiger partial charge is 0.0841 e. The van der Waals surface area contributed by atoms with Gasteiger partial charge in [0, 0.05) is 10.8 Å². The number of nitrogens with zero attached hydrogens (tertiary/aromatic N) is 2. The first-order valence-corrected chi connectivity index (χ1v) is 2.82. The van der Waals surface area contributed by atoms with E-state index in [4.69, 9.17) is 15.5 Å². The first kappa shape index (κ1) is 5.52. The summed E-state index contributed by atoms with van der Waals surface area (Å²) in [5.41, 5.74) is 0. The van der Waals surface area contributed by atoms with Crippen molar-refractivity contribution in [2.45, 2.75) is 31.5 Å². The van der Waals surface area contributed by atoms with Gasteiger partial charge < -0.3 is 4.74 Å². The lowest BCUT2D eigenvalue weighted by atomic mass is 10.4. The molecule has 0 aromatic heterocycles. The Hall–Kier alpha value is -0.620. The minimum absolute atomic E-state index is 0.713. The van der Waals surface area contributed by atoms with Crippen molar-refractivity contribution in [2.75, 3.05) is 0 Å². The number of hydrogen-bond acceptors (Lipinski definition) is 3. The van der Waals surface area contributed by atoms with E-state index in [9.17, 15) is 0 Å². The molecule has 0 radical (unpaired) electrons. The molecule has 1 aliphatic heterocycles. The largest absolute Gasteiger partial charge is 0.370 e. The second kappa shape index (κ2) is 2.10. The fourth-order valence-electron chi connectivity index (χ4n) is 1.21. The van der Waals surface area contributed by atoms with Crippen LogP contribution in [0.4, 0.5) is 0 Å². The molecule has 3 heteroatoms. The zero-order chi connectivity index (χ0) is 5.98. The maximum Gasteiger partial charge on any atom is 0.0841 e. The Morgan fingerprint density at radius 1 is 1.12 bits per heavy atom. The van der Waals surface area contributed by atoms with E-state index in [0.717, 1.165) is 0 Å². The predicted octanol–water partition coefficient (Wildman–Crippen LogP) is 0.968. The Morgan fingerprint density at radius 3 is 1.75 bits per heavy atom. The van der Waals surface area contributed by atoms with E-state index in [0.29, 0.717) is 12.2 Å². The zero-order valence-electron chi connectivity index (χ0n) is 4.58. The van der Waals surface area contributed by atoms with Crippen LogP contribution in [-0.2, 0) is 4.74 Å². The van der Waals surface area contributed by atoms with Gasteiger partial charge in [-0.05, 0) is 19.3 Å². The summed E-state index contributed by atoms with van der Waals surface area (Å²) in [5, 5.41) is 12.0. The molecule has 44 valence electrons. The van der Waals surface area contributed by atoms with Gasteiger partial charge in [-0.3, -0.25) is 0 Å². The molecule has 2 rings (SSSR count). The lowest BCUT2D eigenvalue weighted by molar-refractivity contribution is 0.322. The van der Waals surface area contributed by atoms with Crippen LogP contribution in [0.2, 0.25) is 0 Å². The summed E-state index contributed by atoms with van der Waals surface area (Å²) < 4.78 is 5.15. The molecular weight excluding hydrogens is 104 g/mol. The van der Waals surface area contributed by atoms with Crippen LogP contribution in [0.5, 0.6) is 0 Å². The van der Waals surface area contributed by atoms with E-state index in [1.54, 1.807) is 0 Å². The lowest BCUT2D eigenvalue weighted by Crippen LogP contribution is -1.74. The second-order valence-electron chi connectivity index (χ2n) is 2.14. The molecule has 2 atom stereocenters. The highest BCUT2D eigenvalue weighted by Gasteiger charge is 2.42. The molecule has 0 N–H and O–H groups in total. The summed E-state index contributed by atoms with van der Waals surface area (Å²) in [6.45, 7) is 0. The number of ether oxygens (including phenoxy) is 1. The first-order chi connectivity index (χ1) is 3.97. The Bertz CT molecular complexity index is 93.8. The highest BCUT2D eigenvalue weighted by Crippen LogP contribution is 2.37. The molecule has 0 bridgehead atoms. The molecule has 0 aromatic rings. The molecule has 1 heterocycles. The Labute approximate surface area is 48.1 Å². The quantitative estimate of drug-likeness (QED) is 0.346. The monoisotopic (exact) mass is 112 g/mol. The molecule has 0 spiro atoms. The van der Waals surface area contributed by atoms with Crippen molar-refractivity contribution in [3.05, 3.63) is 0 Å². The Morgan fingerprint density at radius 2 is 1.62 bits per heavy atom. The molecule has 3 nitrogen and oxygen atoms in total. The minimum atomic E-state index is 0.713. The van der Waals surface area contributed by atoms with Gasteiger partial charge in [0.25, 0.3) is 0 Å². The molecule has 2 unspecified atom stereocenters. The van der Waals surface area contributed by atoms with Gasteiger partial charge in [0.05, 0.1) is 12.2 Å². The van der Waals surface area contributed by atoms with Crippen LogP contribution < -0.4 is 0 Å². The average molecular weight is 112 g/mol. The SMILES string of the molecule is C1CC2OC2C1.N#N. The molecular formula is C5H8N2O. The van der Waals surface area contributed by atoms with Crippen LogP contribution >= 0.6 is 0 Å². The number of rotatable bonds is 0.